The number of nitrogens with zero attached hydrogens (tertiary/aromatic N) is 2. The molecule has 0 bridgehead atoms. The molecule has 3 amide bonds. The second kappa shape index (κ2) is 10.8. The zero-order valence-electron chi connectivity index (χ0n) is 18.6. The van der Waals surface area contributed by atoms with Crippen molar-refractivity contribution in [2.24, 2.45) is 5.10 Å². The van der Waals surface area contributed by atoms with E-state index in [0.717, 1.165) is 10.5 Å². The summed E-state index contributed by atoms with van der Waals surface area (Å²) in [4.78, 5) is 38.0. The maximum Gasteiger partial charge on any atom is 0.255 e. The van der Waals surface area contributed by atoms with Crippen LogP contribution in [0.15, 0.2) is 94.9 Å². The van der Waals surface area contributed by atoms with Gasteiger partial charge in [0.25, 0.3) is 5.91 Å². The summed E-state index contributed by atoms with van der Waals surface area (Å²) in [6.07, 6.45) is 0.359. The third-order valence-electron chi connectivity index (χ3n) is 5.07. The van der Waals surface area contributed by atoms with Crippen molar-refractivity contribution in [3.63, 3.8) is 0 Å². The average Bonchev–Trinajstić information content (AvgIpc) is 3.21. The Balaban J connectivity index is 1.28. The van der Waals surface area contributed by atoms with Crippen LogP contribution in [-0.4, -0.2) is 28.8 Å². The highest BCUT2D eigenvalue weighted by Crippen LogP contribution is 2.25. The molecule has 172 valence electrons. The lowest BCUT2D eigenvalue weighted by molar-refractivity contribution is -0.119. The molecule has 4 rings (SSSR count). The molecule has 1 unspecified atom stereocenters. The maximum atomic E-state index is 12.6. The lowest BCUT2D eigenvalue weighted by Crippen LogP contribution is -2.35. The number of hydrogen-bond donors (Lipinski definition) is 2. The van der Waals surface area contributed by atoms with Crippen LogP contribution >= 0.6 is 11.8 Å². The zero-order chi connectivity index (χ0) is 23.9. The minimum absolute atomic E-state index is 0.0510. The number of carbonyl (C=O) groups is 3. The molecule has 34 heavy (non-hydrogen) atoms. The number of rotatable bonds is 7. The van der Waals surface area contributed by atoms with E-state index in [1.165, 1.54) is 16.8 Å². The molecule has 8 heteroatoms. The van der Waals surface area contributed by atoms with Crippen molar-refractivity contribution in [1.82, 2.24) is 5.32 Å². The summed E-state index contributed by atoms with van der Waals surface area (Å²) in [6.45, 7) is 1.79. The molecule has 3 aromatic rings. The molecule has 1 heterocycles. The zero-order valence-corrected chi connectivity index (χ0v) is 19.4. The molecule has 2 N–H and O–H groups in total. The van der Waals surface area contributed by atoms with Crippen molar-refractivity contribution in [2.45, 2.75) is 29.9 Å². The summed E-state index contributed by atoms with van der Waals surface area (Å²) in [6, 6.07) is 26.0. The Morgan fingerprint density at radius 2 is 1.59 bits per heavy atom. The highest BCUT2D eigenvalue weighted by Gasteiger charge is 2.27. The topological polar surface area (TPSA) is 90.9 Å². The van der Waals surface area contributed by atoms with Crippen LogP contribution in [0.5, 0.6) is 0 Å². The van der Waals surface area contributed by atoms with Gasteiger partial charge in [0.1, 0.15) is 5.84 Å². The minimum atomic E-state index is -0.401. The number of thioether (sulfide) groups is 1. The average molecular weight is 473 g/mol. The Bertz CT molecular complexity index is 1200. The second-order valence-corrected chi connectivity index (χ2v) is 9.16. The Labute approximate surface area is 202 Å². The number of hydrazone groups is 1. The van der Waals surface area contributed by atoms with Crippen LogP contribution in [0.1, 0.15) is 18.9 Å². The van der Waals surface area contributed by atoms with E-state index < -0.39 is 5.25 Å². The summed E-state index contributed by atoms with van der Waals surface area (Å²) in [7, 11) is 0. The fraction of sp³-hybridized carbons (Fsp3) is 0.154. The van der Waals surface area contributed by atoms with Crippen molar-refractivity contribution in [2.75, 3.05) is 10.3 Å². The Morgan fingerprint density at radius 3 is 2.26 bits per heavy atom. The number of nitrogens with one attached hydrogen (secondary N) is 2. The van der Waals surface area contributed by atoms with E-state index in [4.69, 9.17) is 0 Å². The summed E-state index contributed by atoms with van der Waals surface area (Å²) < 4.78 is 0. The van der Waals surface area contributed by atoms with E-state index in [1.807, 2.05) is 72.8 Å². The molecule has 1 aliphatic rings. The maximum absolute atomic E-state index is 12.6. The predicted octanol–water partition coefficient (Wildman–Crippen LogP) is 4.22. The minimum Gasteiger partial charge on any atom is -0.326 e. The van der Waals surface area contributed by atoms with Gasteiger partial charge in [-0.1, -0.05) is 48.5 Å². The van der Waals surface area contributed by atoms with Gasteiger partial charge in [0.05, 0.1) is 23.8 Å². The third-order valence-corrected chi connectivity index (χ3v) is 6.18. The number of amides is 3. The first kappa shape index (κ1) is 23.3. The molecule has 0 spiro atoms. The van der Waals surface area contributed by atoms with Crippen LogP contribution in [0.2, 0.25) is 0 Å². The Kier molecular flexibility index (Phi) is 7.39. The van der Waals surface area contributed by atoms with Crippen molar-refractivity contribution >= 4 is 46.7 Å². The Morgan fingerprint density at radius 1 is 0.941 bits per heavy atom. The molecule has 1 aliphatic heterocycles. The third kappa shape index (κ3) is 6.11. The first-order valence-electron chi connectivity index (χ1n) is 10.8. The SMILES string of the molecule is CC(Sc1ccc(NC(=O)Cc2ccccc2)cc1)C(=O)NC1=NN(c2ccccc2)C(=O)C1. The molecule has 3 aromatic carbocycles. The molecule has 1 atom stereocenters. The van der Waals surface area contributed by atoms with Crippen molar-refractivity contribution in [1.29, 1.82) is 0 Å². The van der Waals surface area contributed by atoms with E-state index in [9.17, 15) is 14.4 Å². The van der Waals surface area contributed by atoms with E-state index in [1.54, 1.807) is 19.1 Å². The van der Waals surface area contributed by atoms with Gasteiger partial charge in [-0.15, -0.1) is 11.8 Å². The first-order chi connectivity index (χ1) is 16.5. The van der Waals surface area contributed by atoms with Gasteiger partial charge in [0.2, 0.25) is 11.8 Å². The number of para-hydroxylation sites is 1. The second-order valence-electron chi connectivity index (χ2n) is 7.75. The molecule has 0 saturated heterocycles. The van der Waals surface area contributed by atoms with Gasteiger partial charge in [-0.2, -0.15) is 10.1 Å². The van der Waals surface area contributed by atoms with Gasteiger partial charge in [-0.3, -0.25) is 14.4 Å². The highest BCUT2D eigenvalue weighted by molar-refractivity contribution is 8.00. The van der Waals surface area contributed by atoms with E-state index in [0.29, 0.717) is 23.6 Å². The van der Waals surface area contributed by atoms with Gasteiger partial charge >= 0.3 is 0 Å². The molecular formula is C26H24N4O3S. The summed E-state index contributed by atoms with van der Waals surface area (Å²) in [5.74, 6) is -0.169. The highest BCUT2D eigenvalue weighted by atomic mass is 32.2. The fourth-order valence-corrected chi connectivity index (χ4v) is 4.24. The predicted molar refractivity (Wildman–Crippen MR) is 135 cm³/mol. The smallest absolute Gasteiger partial charge is 0.255 e. The molecular weight excluding hydrogens is 448 g/mol. The lowest BCUT2D eigenvalue weighted by Gasteiger charge is -2.12. The quantitative estimate of drug-likeness (QED) is 0.504. The van der Waals surface area contributed by atoms with Crippen LogP contribution in [-0.2, 0) is 20.8 Å². The number of amidine groups is 1. The van der Waals surface area contributed by atoms with Gasteiger partial charge in [0, 0.05) is 10.6 Å². The van der Waals surface area contributed by atoms with Crippen LogP contribution in [0.25, 0.3) is 0 Å². The van der Waals surface area contributed by atoms with Crippen LogP contribution in [0, 0.1) is 0 Å². The normalized spacial score (nSPS) is 13.9. The summed E-state index contributed by atoms with van der Waals surface area (Å²) >= 11 is 1.38. The van der Waals surface area contributed by atoms with Gasteiger partial charge in [-0.25, -0.2) is 0 Å². The summed E-state index contributed by atoms with van der Waals surface area (Å²) in [5, 5.41) is 10.8. The van der Waals surface area contributed by atoms with Crippen molar-refractivity contribution < 1.29 is 14.4 Å². The molecule has 0 aromatic heterocycles. The molecule has 0 aliphatic carbocycles. The molecule has 0 saturated carbocycles. The van der Waals surface area contributed by atoms with Gasteiger partial charge in [-0.05, 0) is 48.9 Å². The largest absolute Gasteiger partial charge is 0.326 e. The molecule has 7 nitrogen and oxygen atoms in total. The van der Waals surface area contributed by atoms with Crippen LogP contribution < -0.4 is 15.6 Å². The van der Waals surface area contributed by atoms with Crippen molar-refractivity contribution in [3.8, 4) is 0 Å². The van der Waals surface area contributed by atoms with E-state index in [2.05, 4.69) is 15.7 Å². The summed E-state index contributed by atoms with van der Waals surface area (Å²) in [5.41, 5.74) is 2.31. The number of hydrogen-bond acceptors (Lipinski definition) is 5. The van der Waals surface area contributed by atoms with Gasteiger partial charge in [0.15, 0.2) is 0 Å². The van der Waals surface area contributed by atoms with Crippen molar-refractivity contribution in [3.05, 3.63) is 90.5 Å². The molecule has 0 radical (unpaired) electrons. The lowest BCUT2D eigenvalue weighted by atomic mass is 10.1. The van der Waals surface area contributed by atoms with E-state index >= 15 is 0 Å². The standard InChI is InChI=1S/C26H24N4O3S/c1-18(26(33)28-23-17-25(32)30(29-23)21-10-6-3-7-11-21)34-22-14-12-20(13-15-22)27-24(31)16-19-8-4-2-5-9-19/h2-15,18H,16-17H2,1H3,(H,27,31)(H,28,29,33). The number of anilines is 2. The number of carbonyl (C=O) groups excluding carboxylic acids is 3. The molecule has 0 fully saturated rings. The fourth-order valence-electron chi connectivity index (χ4n) is 3.37. The monoisotopic (exact) mass is 472 g/mol. The van der Waals surface area contributed by atoms with E-state index in [-0.39, 0.29) is 24.1 Å². The number of benzene rings is 3. The van der Waals surface area contributed by atoms with Crippen LogP contribution in [0.3, 0.4) is 0 Å². The Hall–Kier alpha value is -3.91. The first-order valence-corrected chi connectivity index (χ1v) is 11.7. The van der Waals surface area contributed by atoms with Gasteiger partial charge < -0.3 is 10.6 Å². The van der Waals surface area contributed by atoms with Crippen LogP contribution in [0.4, 0.5) is 11.4 Å².